The van der Waals surface area contributed by atoms with Crippen LogP contribution in [0.3, 0.4) is 0 Å². The van der Waals surface area contributed by atoms with Gasteiger partial charge in [-0.25, -0.2) is 0 Å². The molecule has 1 aliphatic heterocycles. The quantitative estimate of drug-likeness (QED) is 0.759. The van der Waals surface area contributed by atoms with Gasteiger partial charge in [0.15, 0.2) is 0 Å². The van der Waals surface area contributed by atoms with Crippen LogP contribution in [0.1, 0.15) is 16.1 Å². The number of H-pyrrole nitrogens is 1. The number of carbonyl (C=O) groups is 1. The summed E-state index contributed by atoms with van der Waals surface area (Å²) in [6.45, 7) is 5.02. The molecule has 1 fully saturated rings. The van der Waals surface area contributed by atoms with Gasteiger partial charge in [0, 0.05) is 37.4 Å². The van der Waals surface area contributed by atoms with Crippen LogP contribution in [0.5, 0.6) is 5.75 Å². The lowest BCUT2D eigenvalue weighted by molar-refractivity contribution is 0.0741. The molecule has 2 aromatic carbocycles. The SMILES string of the molecule is COc1ccc(N2CCN(C(=O)c3cc(-c4ccc(C)cc4)n[nH]3)CC2)cc1. The van der Waals surface area contributed by atoms with Crippen molar-refractivity contribution >= 4 is 11.6 Å². The first kappa shape index (κ1) is 18.1. The first-order valence-electron chi connectivity index (χ1n) is 9.45. The molecule has 4 rings (SSSR count). The number of aryl methyl sites for hydroxylation is 1. The molecule has 28 heavy (non-hydrogen) atoms. The Bertz CT molecular complexity index is 939. The van der Waals surface area contributed by atoms with Crippen molar-refractivity contribution in [3.63, 3.8) is 0 Å². The van der Waals surface area contributed by atoms with E-state index in [1.165, 1.54) is 5.56 Å². The molecule has 6 nitrogen and oxygen atoms in total. The van der Waals surface area contributed by atoms with Gasteiger partial charge in [0.05, 0.1) is 12.8 Å². The summed E-state index contributed by atoms with van der Waals surface area (Å²) >= 11 is 0. The smallest absolute Gasteiger partial charge is 0.272 e. The van der Waals surface area contributed by atoms with Gasteiger partial charge in [-0.2, -0.15) is 5.10 Å². The Morgan fingerprint density at radius 2 is 1.68 bits per heavy atom. The lowest BCUT2D eigenvalue weighted by Crippen LogP contribution is -2.48. The van der Waals surface area contributed by atoms with Crippen molar-refractivity contribution in [3.8, 4) is 17.0 Å². The number of aromatic amines is 1. The first-order chi connectivity index (χ1) is 13.6. The number of ether oxygens (including phenoxy) is 1. The summed E-state index contributed by atoms with van der Waals surface area (Å²) in [6.07, 6.45) is 0. The van der Waals surface area contributed by atoms with Crippen LogP contribution in [0.15, 0.2) is 54.6 Å². The number of benzene rings is 2. The highest BCUT2D eigenvalue weighted by Gasteiger charge is 2.24. The summed E-state index contributed by atoms with van der Waals surface area (Å²) in [7, 11) is 1.67. The van der Waals surface area contributed by atoms with Crippen molar-refractivity contribution in [2.45, 2.75) is 6.92 Å². The number of nitrogens with one attached hydrogen (secondary N) is 1. The van der Waals surface area contributed by atoms with Gasteiger partial charge in [0.2, 0.25) is 0 Å². The van der Waals surface area contributed by atoms with Gasteiger partial charge < -0.3 is 14.5 Å². The van der Waals surface area contributed by atoms with Crippen molar-refractivity contribution in [2.24, 2.45) is 0 Å². The number of piperazine rings is 1. The predicted octanol–water partition coefficient (Wildman–Crippen LogP) is 3.36. The molecule has 0 spiro atoms. The van der Waals surface area contributed by atoms with E-state index in [-0.39, 0.29) is 5.91 Å². The molecule has 2 heterocycles. The second kappa shape index (κ2) is 7.76. The Morgan fingerprint density at radius 3 is 2.32 bits per heavy atom. The fourth-order valence-electron chi connectivity index (χ4n) is 3.43. The van der Waals surface area contributed by atoms with Crippen LogP contribution in [0.25, 0.3) is 11.3 Å². The van der Waals surface area contributed by atoms with E-state index < -0.39 is 0 Å². The Balaban J connectivity index is 1.39. The third-order valence-corrected chi connectivity index (χ3v) is 5.16. The molecule has 1 amide bonds. The molecule has 0 aliphatic carbocycles. The Hall–Kier alpha value is -3.28. The lowest BCUT2D eigenvalue weighted by Gasteiger charge is -2.35. The fourth-order valence-corrected chi connectivity index (χ4v) is 3.43. The van der Waals surface area contributed by atoms with E-state index >= 15 is 0 Å². The highest BCUT2D eigenvalue weighted by molar-refractivity contribution is 5.93. The second-order valence-electron chi connectivity index (χ2n) is 7.01. The summed E-state index contributed by atoms with van der Waals surface area (Å²) < 4.78 is 5.21. The molecule has 0 unspecified atom stereocenters. The third kappa shape index (κ3) is 3.71. The normalized spacial score (nSPS) is 14.2. The molecule has 3 aromatic rings. The predicted molar refractivity (Wildman–Crippen MR) is 110 cm³/mol. The van der Waals surface area contributed by atoms with E-state index in [9.17, 15) is 4.79 Å². The number of rotatable bonds is 4. The van der Waals surface area contributed by atoms with Crippen molar-refractivity contribution in [3.05, 3.63) is 65.9 Å². The highest BCUT2D eigenvalue weighted by atomic mass is 16.5. The lowest BCUT2D eigenvalue weighted by atomic mass is 10.1. The van der Waals surface area contributed by atoms with Crippen LogP contribution in [0, 0.1) is 6.92 Å². The molecule has 1 saturated heterocycles. The van der Waals surface area contributed by atoms with Crippen LogP contribution in [-0.2, 0) is 0 Å². The maximum Gasteiger partial charge on any atom is 0.272 e. The van der Waals surface area contributed by atoms with Crippen molar-refractivity contribution in [1.29, 1.82) is 0 Å². The summed E-state index contributed by atoms with van der Waals surface area (Å²) in [5.74, 6) is 0.849. The number of methoxy groups -OCH3 is 1. The Labute approximate surface area is 164 Å². The Morgan fingerprint density at radius 1 is 1.00 bits per heavy atom. The van der Waals surface area contributed by atoms with E-state index in [0.717, 1.165) is 35.8 Å². The average Bonchev–Trinajstić information content (AvgIpc) is 3.24. The van der Waals surface area contributed by atoms with E-state index in [1.54, 1.807) is 7.11 Å². The minimum Gasteiger partial charge on any atom is -0.497 e. The van der Waals surface area contributed by atoms with Gasteiger partial charge in [0.1, 0.15) is 11.4 Å². The van der Waals surface area contributed by atoms with Crippen LogP contribution in [-0.4, -0.2) is 54.3 Å². The second-order valence-corrected chi connectivity index (χ2v) is 7.01. The zero-order valence-electron chi connectivity index (χ0n) is 16.2. The summed E-state index contributed by atoms with van der Waals surface area (Å²) in [5.41, 5.74) is 4.68. The molecule has 144 valence electrons. The number of hydrogen-bond acceptors (Lipinski definition) is 4. The van der Waals surface area contributed by atoms with E-state index in [0.29, 0.717) is 18.8 Å². The maximum absolute atomic E-state index is 12.8. The first-order valence-corrected chi connectivity index (χ1v) is 9.45. The average molecular weight is 376 g/mol. The fraction of sp³-hybridized carbons (Fsp3) is 0.273. The van der Waals surface area contributed by atoms with E-state index in [4.69, 9.17) is 4.74 Å². The van der Waals surface area contributed by atoms with E-state index in [2.05, 4.69) is 34.2 Å². The van der Waals surface area contributed by atoms with Gasteiger partial charge in [0.25, 0.3) is 5.91 Å². The van der Waals surface area contributed by atoms with Crippen LogP contribution >= 0.6 is 0 Å². The molecule has 0 saturated carbocycles. The minimum absolute atomic E-state index is 0.000225. The van der Waals surface area contributed by atoms with Gasteiger partial charge >= 0.3 is 0 Å². The molecule has 6 heteroatoms. The van der Waals surface area contributed by atoms with Crippen LogP contribution < -0.4 is 9.64 Å². The number of anilines is 1. The van der Waals surface area contributed by atoms with Crippen molar-refractivity contribution in [2.75, 3.05) is 38.2 Å². The molecule has 0 radical (unpaired) electrons. The number of nitrogens with zero attached hydrogens (tertiary/aromatic N) is 3. The number of amides is 1. The minimum atomic E-state index is 0.000225. The van der Waals surface area contributed by atoms with Crippen LogP contribution in [0.4, 0.5) is 5.69 Å². The maximum atomic E-state index is 12.8. The highest BCUT2D eigenvalue weighted by Crippen LogP contribution is 2.22. The Kier molecular flexibility index (Phi) is 5.02. The zero-order chi connectivity index (χ0) is 19.5. The standard InChI is InChI=1S/C22H24N4O2/c1-16-3-5-17(6-4-16)20-15-21(24-23-20)22(27)26-13-11-25(12-14-26)18-7-9-19(28-2)10-8-18/h3-10,15H,11-14H2,1-2H3,(H,23,24). The molecule has 0 bridgehead atoms. The van der Waals surface area contributed by atoms with Crippen LogP contribution in [0.2, 0.25) is 0 Å². The zero-order valence-corrected chi connectivity index (χ0v) is 16.2. The van der Waals surface area contributed by atoms with Gasteiger partial charge in [-0.3, -0.25) is 9.89 Å². The van der Waals surface area contributed by atoms with Gasteiger partial charge in [-0.05, 0) is 37.3 Å². The summed E-state index contributed by atoms with van der Waals surface area (Å²) in [4.78, 5) is 17.0. The van der Waals surface area contributed by atoms with Gasteiger partial charge in [-0.1, -0.05) is 29.8 Å². The monoisotopic (exact) mass is 376 g/mol. The molecule has 0 atom stereocenters. The molecule has 1 aliphatic rings. The van der Waals surface area contributed by atoms with Crippen molar-refractivity contribution in [1.82, 2.24) is 15.1 Å². The molecular formula is C22H24N4O2. The molecule has 1 N–H and O–H groups in total. The number of carbonyl (C=O) groups excluding carboxylic acids is 1. The number of aromatic nitrogens is 2. The van der Waals surface area contributed by atoms with E-state index in [1.807, 2.05) is 47.4 Å². The molecular weight excluding hydrogens is 352 g/mol. The van der Waals surface area contributed by atoms with Crippen molar-refractivity contribution < 1.29 is 9.53 Å². The molecule has 1 aromatic heterocycles. The summed E-state index contributed by atoms with van der Waals surface area (Å²) in [5, 5.41) is 7.22. The van der Waals surface area contributed by atoms with Gasteiger partial charge in [-0.15, -0.1) is 0 Å². The topological polar surface area (TPSA) is 61.5 Å². The summed E-state index contributed by atoms with van der Waals surface area (Å²) in [6, 6.07) is 18.0. The third-order valence-electron chi connectivity index (χ3n) is 5.16. The largest absolute Gasteiger partial charge is 0.497 e. The number of hydrogen-bond donors (Lipinski definition) is 1.